The SMILES string of the molecule is O=C(Oc1ccc([N+](=O)[O-])cc1)Oc1ccc2ccccc2c1. The Bertz CT molecular complexity index is 874. The fraction of sp³-hybridized carbons (Fsp3) is 0. The van der Waals surface area contributed by atoms with Gasteiger partial charge in [-0.3, -0.25) is 10.1 Å². The molecule has 0 aliphatic rings. The smallest absolute Gasteiger partial charge is 0.395 e. The Labute approximate surface area is 131 Å². The van der Waals surface area contributed by atoms with E-state index in [0.29, 0.717) is 5.75 Å². The first-order valence-corrected chi connectivity index (χ1v) is 6.75. The molecule has 0 fully saturated rings. The Kier molecular flexibility index (Phi) is 3.88. The van der Waals surface area contributed by atoms with Crippen LogP contribution in [0.3, 0.4) is 0 Å². The number of nitrogens with zero attached hydrogens (tertiary/aromatic N) is 1. The van der Waals surface area contributed by atoms with E-state index in [1.807, 2.05) is 30.3 Å². The Morgan fingerprint density at radius 2 is 1.43 bits per heavy atom. The molecule has 0 aromatic heterocycles. The number of carbonyl (C=O) groups excluding carboxylic acids is 1. The third-order valence-corrected chi connectivity index (χ3v) is 3.17. The molecule has 23 heavy (non-hydrogen) atoms. The minimum absolute atomic E-state index is 0.0831. The molecule has 0 aliphatic carbocycles. The van der Waals surface area contributed by atoms with E-state index in [9.17, 15) is 14.9 Å². The molecule has 3 aromatic rings. The Morgan fingerprint density at radius 1 is 0.826 bits per heavy atom. The van der Waals surface area contributed by atoms with E-state index >= 15 is 0 Å². The molecule has 0 spiro atoms. The van der Waals surface area contributed by atoms with Gasteiger partial charge in [0.2, 0.25) is 0 Å². The van der Waals surface area contributed by atoms with Gasteiger partial charge in [-0.05, 0) is 35.0 Å². The summed E-state index contributed by atoms with van der Waals surface area (Å²) in [6, 6.07) is 18.1. The van der Waals surface area contributed by atoms with E-state index in [-0.39, 0.29) is 11.4 Å². The maximum absolute atomic E-state index is 11.8. The summed E-state index contributed by atoms with van der Waals surface area (Å²) in [6.07, 6.45) is -0.908. The molecular formula is C17H11NO5. The second-order valence-corrected chi connectivity index (χ2v) is 4.71. The molecule has 3 aromatic carbocycles. The number of ether oxygens (including phenoxy) is 2. The Balaban J connectivity index is 1.69. The second-order valence-electron chi connectivity index (χ2n) is 4.71. The monoisotopic (exact) mass is 309 g/mol. The third-order valence-electron chi connectivity index (χ3n) is 3.17. The molecule has 0 bridgehead atoms. The molecule has 0 unspecified atom stereocenters. The van der Waals surface area contributed by atoms with Gasteiger partial charge in [-0.25, -0.2) is 4.79 Å². The van der Waals surface area contributed by atoms with Crippen LogP contribution in [-0.2, 0) is 0 Å². The van der Waals surface area contributed by atoms with Gasteiger partial charge in [0.05, 0.1) is 4.92 Å². The minimum atomic E-state index is -0.908. The quantitative estimate of drug-likeness (QED) is 0.311. The van der Waals surface area contributed by atoms with Crippen LogP contribution in [0.5, 0.6) is 11.5 Å². The van der Waals surface area contributed by atoms with Gasteiger partial charge >= 0.3 is 6.16 Å². The average molecular weight is 309 g/mol. The van der Waals surface area contributed by atoms with Crippen molar-refractivity contribution in [1.82, 2.24) is 0 Å². The first kappa shape index (κ1) is 14.5. The van der Waals surface area contributed by atoms with Gasteiger partial charge in [0.1, 0.15) is 11.5 Å². The van der Waals surface area contributed by atoms with E-state index in [1.54, 1.807) is 12.1 Å². The Hall–Kier alpha value is -3.41. The first-order chi connectivity index (χ1) is 11.1. The van der Waals surface area contributed by atoms with Gasteiger partial charge in [0.15, 0.2) is 0 Å². The number of hydrogen-bond donors (Lipinski definition) is 0. The number of nitro groups is 1. The summed E-state index contributed by atoms with van der Waals surface area (Å²) in [6.45, 7) is 0. The zero-order chi connectivity index (χ0) is 16.2. The highest BCUT2D eigenvalue weighted by Gasteiger charge is 2.10. The van der Waals surface area contributed by atoms with Gasteiger partial charge in [-0.15, -0.1) is 0 Å². The minimum Gasteiger partial charge on any atom is -0.395 e. The summed E-state index contributed by atoms with van der Waals surface area (Å²) in [5.41, 5.74) is -0.0831. The zero-order valence-corrected chi connectivity index (χ0v) is 11.8. The largest absolute Gasteiger partial charge is 0.519 e. The van der Waals surface area contributed by atoms with Crippen molar-refractivity contribution in [2.24, 2.45) is 0 Å². The topological polar surface area (TPSA) is 78.7 Å². The fourth-order valence-corrected chi connectivity index (χ4v) is 2.08. The molecule has 0 amide bonds. The van der Waals surface area contributed by atoms with Crippen LogP contribution in [0.2, 0.25) is 0 Å². The molecule has 6 nitrogen and oxygen atoms in total. The lowest BCUT2D eigenvalue weighted by molar-refractivity contribution is -0.384. The maximum atomic E-state index is 11.8. The molecule has 0 atom stereocenters. The van der Waals surface area contributed by atoms with Crippen LogP contribution in [-0.4, -0.2) is 11.1 Å². The van der Waals surface area contributed by atoms with Crippen LogP contribution in [0.1, 0.15) is 0 Å². The van der Waals surface area contributed by atoms with Gasteiger partial charge in [-0.2, -0.15) is 0 Å². The second kappa shape index (κ2) is 6.15. The van der Waals surface area contributed by atoms with Crippen LogP contribution in [0.25, 0.3) is 10.8 Å². The van der Waals surface area contributed by atoms with Gasteiger partial charge < -0.3 is 9.47 Å². The highest BCUT2D eigenvalue weighted by Crippen LogP contribution is 2.22. The predicted molar refractivity (Wildman–Crippen MR) is 83.7 cm³/mol. The van der Waals surface area contributed by atoms with Crippen LogP contribution in [0, 0.1) is 10.1 Å². The molecule has 0 heterocycles. The fourth-order valence-electron chi connectivity index (χ4n) is 2.08. The summed E-state index contributed by atoms with van der Waals surface area (Å²) in [4.78, 5) is 21.8. The molecule has 0 saturated heterocycles. The van der Waals surface area contributed by atoms with E-state index in [2.05, 4.69) is 0 Å². The van der Waals surface area contributed by atoms with Crippen LogP contribution < -0.4 is 9.47 Å². The number of benzene rings is 3. The van der Waals surface area contributed by atoms with E-state index < -0.39 is 11.1 Å². The molecule has 6 heteroatoms. The highest BCUT2D eigenvalue weighted by molar-refractivity contribution is 5.84. The number of non-ortho nitro benzene ring substituents is 1. The molecule has 0 saturated carbocycles. The van der Waals surface area contributed by atoms with Crippen LogP contribution in [0.4, 0.5) is 10.5 Å². The van der Waals surface area contributed by atoms with Gasteiger partial charge in [0, 0.05) is 12.1 Å². The van der Waals surface area contributed by atoms with Crippen molar-refractivity contribution in [2.75, 3.05) is 0 Å². The normalized spacial score (nSPS) is 10.3. The molecule has 0 radical (unpaired) electrons. The van der Waals surface area contributed by atoms with E-state index in [4.69, 9.17) is 9.47 Å². The first-order valence-electron chi connectivity index (χ1n) is 6.75. The standard InChI is InChI=1S/C17H11NO5/c19-17(22-15-9-6-14(7-10-15)18(20)21)23-16-8-5-12-3-1-2-4-13(12)11-16/h1-11H. The van der Waals surface area contributed by atoms with Crippen molar-refractivity contribution in [3.63, 3.8) is 0 Å². The molecule has 3 rings (SSSR count). The molecule has 0 aliphatic heterocycles. The summed E-state index contributed by atoms with van der Waals surface area (Å²) < 4.78 is 10.1. The highest BCUT2D eigenvalue weighted by atomic mass is 16.7. The van der Waals surface area contributed by atoms with Gasteiger partial charge in [0.25, 0.3) is 5.69 Å². The summed E-state index contributed by atoms with van der Waals surface area (Å²) in [5.74, 6) is 0.525. The molecular weight excluding hydrogens is 298 g/mol. The lowest BCUT2D eigenvalue weighted by Gasteiger charge is -2.06. The van der Waals surface area contributed by atoms with E-state index in [0.717, 1.165) is 10.8 Å². The van der Waals surface area contributed by atoms with Crippen molar-refractivity contribution in [3.8, 4) is 11.5 Å². The molecule has 0 N–H and O–H groups in total. The maximum Gasteiger partial charge on any atom is 0.519 e. The summed E-state index contributed by atoms with van der Waals surface area (Å²) in [5, 5.41) is 12.5. The molecule has 114 valence electrons. The number of nitro benzene ring substituents is 1. The third kappa shape index (κ3) is 3.44. The van der Waals surface area contributed by atoms with Crippen molar-refractivity contribution in [2.45, 2.75) is 0 Å². The lowest BCUT2D eigenvalue weighted by Crippen LogP contribution is -2.13. The lowest BCUT2D eigenvalue weighted by atomic mass is 10.1. The van der Waals surface area contributed by atoms with Gasteiger partial charge in [-0.1, -0.05) is 30.3 Å². The van der Waals surface area contributed by atoms with Crippen LogP contribution in [0.15, 0.2) is 66.7 Å². The average Bonchev–Trinajstić information content (AvgIpc) is 2.55. The number of carbonyl (C=O) groups is 1. The number of hydrogen-bond acceptors (Lipinski definition) is 5. The van der Waals surface area contributed by atoms with Crippen molar-refractivity contribution < 1.29 is 19.2 Å². The number of fused-ring (bicyclic) bond motifs is 1. The number of rotatable bonds is 3. The summed E-state index contributed by atoms with van der Waals surface area (Å²) in [7, 11) is 0. The van der Waals surface area contributed by atoms with Crippen molar-refractivity contribution in [3.05, 3.63) is 76.8 Å². The van der Waals surface area contributed by atoms with Crippen molar-refractivity contribution in [1.29, 1.82) is 0 Å². The zero-order valence-electron chi connectivity index (χ0n) is 11.8. The van der Waals surface area contributed by atoms with Crippen LogP contribution >= 0.6 is 0 Å². The summed E-state index contributed by atoms with van der Waals surface area (Å²) >= 11 is 0. The van der Waals surface area contributed by atoms with Crippen molar-refractivity contribution >= 4 is 22.6 Å². The Morgan fingerprint density at radius 3 is 2.13 bits per heavy atom. The predicted octanol–water partition coefficient (Wildman–Crippen LogP) is 4.33. The van der Waals surface area contributed by atoms with E-state index in [1.165, 1.54) is 24.3 Å².